The molecule has 144 valence electrons. The Morgan fingerprint density at radius 3 is 2.73 bits per heavy atom. The van der Waals surface area contributed by atoms with E-state index in [2.05, 4.69) is 15.6 Å². The molecule has 1 saturated carbocycles. The summed E-state index contributed by atoms with van der Waals surface area (Å²) in [5.41, 5.74) is 0.235. The number of carbonyl (C=O) groups excluding carboxylic acids is 2. The summed E-state index contributed by atoms with van der Waals surface area (Å²) >= 11 is 0. The van der Waals surface area contributed by atoms with E-state index in [0.717, 1.165) is 25.7 Å². The van der Waals surface area contributed by atoms with Crippen LogP contribution in [-0.2, 0) is 11.3 Å². The van der Waals surface area contributed by atoms with Crippen LogP contribution in [0.25, 0.3) is 0 Å². The molecule has 0 bridgehead atoms. The van der Waals surface area contributed by atoms with Crippen molar-refractivity contribution in [3.8, 4) is 0 Å². The molecule has 0 spiro atoms. The third-order valence-corrected chi connectivity index (χ3v) is 5.19. The number of amides is 2. The van der Waals surface area contributed by atoms with E-state index in [1.165, 1.54) is 6.42 Å². The van der Waals surface area contributed by atoms with Crippen molar-refractivity contribution in [1.82, 2.24) is 25.2 Å². The standard InChI is InChI=1S/C18H28FN5O2/c1-12(2)20-17(25)16-11-23(22-21-16)10-15-8-14(19)9-24(15)18(26)13-6-4-3-5-7-13/h11-15H,3-10H2,1-2H3,(H,20,25)/t14-,15-/m0/s1. The number of rotatable bonds is 5. The first-order valence-electron chi connectivity index (χ1n) is 9.59. The number of carbonyl (C=O) groups is 2. The van der Waals surface area contributed by atoms with E-state index in [1.807, 2.05) is 13.8 Å². The molecule has 1 aromatic heterocycles. The maximum atomic E-state index is 14.0. The van der Waals surface area contributed by atoms with Gasteiger partial charge in [-0.2, -0.15) is 0 Å². The average Bonchev–Trinajstić information content (AvgIpc) is 3.21. The Morgan fingerprint density at radius 2 is 2.04 bits per heavy atom. The summed E-state index contributed by atoms with van der Waals surface area (Å²) in [5, 5.41) is 10.6. The number of hydrogen-bond acceptors (Lipinski definition) is 4. The summed E-state index contributed by atoms with van der Waals surface area (Å²) in [6.45, 7) is 4.27. The number of alkyl halides is 1. The van der Waals surface area contributed by atoms with E-state index in [-0.39, 0.29) is 42.1 Å². The molecule has 2 atom stereocenters. The second-order valence-electron chi connectivity index (χ2n) is 7.77. The number of aromatic nitrogens is 3. The first-order chi connectivity index (χ1) is 12.4. The molecule has 2 heterocycles. The van der Waals surface area contributed by atoms with Crippen LogP contribution >= 0.6 is 0 Å². The van der Waals surface area contributed by atoms with Gasteiger partial charge in [0.2, 0.25) is 5.91 Å². The van der Waals surface area contributed by atoms with Crippen LogP contribution in [0.3, 0.4) is 0 Å². The quantitative estimate of drug-likeness (QED) is 0.865. The van der Waals surface area contributed by atoms with Crippen LogP contribution < -0.4 is 5.32 Å². The summed E-state index contributed by atoms with van der Waals surface area (Å²) in [6.07, 6.45) is 6.01. The van der Waals surface area contributed by atoms with Gasteiger partial charge in [0.25, 0.3) is 5.91 Å². The van der Waals surface area contributed by atoms with E-state index >= 15 is 0 Å². The summed E-state index contributed by atoms with van der Waals surface area (Å²) in [7, 11) is 0. The smallest absolute Gasteiger partial charge is 0.273 e. The molecule has 0 aromatic carbocycles. The van der Waals surface area contributed by atoms with Gasteiger partial charge in [-0.15, -0.1) is 5.10 Å². The number of halogens is 1. The highest BCUT2D eigenvalue weighted by Crippen LogP contribution is 2.30. The normalized spacial score (nSPS) is 24.2. The van der Waals surface area contributed by atoms with E-state index in [9.17, 15) is 14.0 Å². The van der Waals surface area contributed by atoms with Crippen molar-refractivity contribution in [3.63, 3.8) is 0 Å². The summed E-state index contributed by atoms with van der Waals surface area (Å²) in [4.78, 5) is 26.5. The molecular weight excluding hydrogens is 337 g/mol. The third-order valence-electron chi connectivity index (χ3n) is 5.19. The Bertz CT molecular complexity index is 641. The van der Waals surface area contributed by atoms with Crippen LogP contribution in [0.4, 0.5) is 4.39 Å². The topological polar surface area (TPSA) is 80.1 Å². The number of hydrogen-bond donors (Lipinski definition) is 1. The van der Waals surface area contributed by atoms with Gasteiger partial charge in [-0.3, -0.25) is 9.59 Å². The number of nitrogens with one attached hydrogen (secondary N) is 1. The Balaban J connectivity index is 1.64. The maximum absolute atomic E-state index is 14.0. The van der Waals surface area contributed by atoms with Crippen LogP contribution in [0.2, 0.25) is 0 Å². The lowest BCUT2D eigenvalue weighted by Crippen LogP contribution is -2.42. The van der Waals surface area contributed by atoms with E-state index in [1.54, 1.807) is 15.8 Å². The molecule has 2 fully saturated rings. The lowest BCUT2D eigenvalue weighted by Gasteiger charge is -2.30. The van der Waals surface area contributed by atoms with Crippen molar-refractivity contribution in [3.05, 3.63) is 11.9 Å². The predicted octanol–water partition coefficient (Wildman–Crippen LogP) is 1.94. The van der Waals surface area contributed by atoms with Gasteiger partial charge in [0.05, 0.1) is 25.3 Å². The van der Waals surface area contributed by atoms with E-state index in [4.69, 9.17) is 0 Å². The van der Waals surface area contributed by atoms with Gasteiger partial charge < -0.3 is 10.2 Å². The summed E-state index contributed by atoms with van der Waals surface area (Å²) in [5.74, 6) is -0.177. The van der Waals surface area contributed by atoms with Crippen LogP contribution in [0.1, 0.15) is 62.9 Å². The van der Waals surface area contributed by atoms with E-state index in [0.29, 0.717) is 13.0 Å². The number of nitrogens with zero attached hydrogens (tertiary/aromatic N) is 4. The Kier molecular flexibility index (Phi) is 5.88. The van der Waals surface area contributed by atoms with Gasteiger partial charge in [-0.1, -0.05) is 24.5 Å². The average molecular weight is 365 g/mol. The zero-order chi connectivity index (χ0) is 18.7. The molecule has 2 amide bonds. The molecular formula is C18H28FN5O2. The third kappa shape index (κ3) is 4.40. The molecule has 8 heteroatoms. The fraction of sp³-hybridized carbons (Fsp3) is 0.778. The summed E-state index contributed by atoms with van der Waals surface area (Å²) < 4.78 is 15.6. The van der Waals surface area contributed by atoms with Crippen LogP contribution in [-0.4, -0.2) is 56.5 Å². The molecule has 2 aliphatic rings. The largest absolute Gasteiger partial charge is 0.348 e. The van der Waals surface area contributed by atoms with Gasteiger partial charge in [0, 0.05) is 18.4 Å². The van der Waals surface area contributed by atoms with Crippen LogP contribution in [0.5, 0.6) is 0 Å². The van der Waals surface area contributed by atoms with Gasteiger partial charge in [0.1, 0.15) is 6.17 Å². The molecule has 26 heavy (non-hydrogen) atoms. The first-order valence-corrected chi connectivity index (χ1v) is 9.59. The minimum absolute atomic E-state index is 0.0124. The fourth-order valence-electron chi connectivity index (χ4n) is 3.93. The molecule has 7 nitrogen and oxygen atoms in total. The molecule has 1 aliphatic heterocycles. The Labute approximate surface area is 153 Å². The van der Waals surface area contributed by atoms with Gasteiger partial charge >= 0.3 is 0 Å². The Morgan fingerprint density at radius 1 is 1.31 bits per heavy atom. The van der Waals surface area contributed by atoms with Crippen LogP contribution in [0, 0.1) is 5.92 Å². The molecule has 3 rings (SSSR count). The van der Waals surface area contributed by atoms with Crippen molar-refractivity contribution < 1.29 is 14.0 Å². The highest BCUT2D eigenvalue weighted by atomic mass is 19.1. The van der Waals surface area contributed by atoms with Crippen molar-refractivity contribution in [1.29, 1.82) is 0 Å². The SMILES string of the molecule is CC(C)NC(=O)c1cn(C[C@@H]2C[C@H](F)CN2C(=O)C2CCCCC2)nn1. The number of likely N-dealkylation sites (tertiary alicyclic amines) is 1. The lowest BCUT2D eigenvalue weighted by molar-refractivity contribution is -0.137. The molecule has 1 aromatic rings. The van der Waals surface area contributed by atoms with Crippen molar-refractivity contribution in [2.24, 2.45) is 5.92 Å². The monoisotopic (exact) mass is 365 g/mol. The highest BCUT2D eigenvalue weighted by molar-refractivity contribution is 5.92. The van der Waals surface area contributed by atoms with E-state index < -0.39 is 6.17 Å². The lowest BCUT2D eigenvalue weighted by atomic mass is 9.88. The predicted molar refractivity (Wildman–Crippen MR) is 94.2 cm³/mol. The highest BCUT2D eigenvalue weighted by Gasteiger charge is 2.38. The maximum Gasteiger partial charge on any atom is 0.273 e. The minimum atomic E-state index is -1.00. The molecule has 0 radical (unpaired) electrons. The minimum Gasteiger partial charge on any atom is -0.348 e. The molecule has 1 saturated heterocycles. The van der Waals surface area contributed by atoms with Gasteiger partial charge in [0.15, 0.2) is 5.69 Å². The first kappa shape index (κ1) is 18.8. The van der Waals surface area contributed by atoms with Crippen molar-refractivity contribution >= 4 is 11.8 Å². The van der Waals surface area contributed by atoms with Crippen molar-refractivity contribution in [2.45, 2.75) is 77.2 Å². The van der Waals surface area contributed by atoms with Gasteiger partial charge in [-0.05, 0) is 26.7 Å². The second-order valence-corrected chi connectivity index (χ2v) is 7.77. The molecule has 0 unspecified atom stereocenters. The fourth-order valence-corrected chi connectivity index (χ4v) is 3.93. The molecule has 1 aliphatic carbocycles. The zero-order valence-electron chi connectivity index (χ0n) is 15.5. The Hall–Kier alpha value is -1.99. The summed E-state index contributed by atoms with van der Waals surface area (Å²) in [6, 6.07) is -0.222. The van der Waals surface area contributed by atoms with Crippen LogP contribution in [0.15, 0.2) is 6.20 Å². The second kappa shape index (κ2) is 8.14. The van der Waals surface area contributed by atoms with Gasteiger partial charge in [-0.25, -0.2) is 9.07 Å². The van der Waals surface area contributed by atoms with Crippen molar-refractivity contribution in [2.75, 3.05) is 6.54 Å². The zero-order valence-corrected chi connectivity index (χ0v) is 15.5. The molecule has 1 N–H and O–H groups in total.